The van der Waals surface area contributed by atoms with E-state index < -0.39 is 0 Å². The first-order valence-electron chi connectivity index (χ1n) is 5.56. The summed E-state index contributed by atoms with van der Waals surface area (Å²) in [7, 11) is 1.40. The molecule has 0 N–H and O–H groups in total. The van der Waals surface area contributed by atoms with Crippen molar-refractivity contribution in [2.45, 2.75) is 6.92 Å². The highest BCUT2D eigenvalue weighted by molar-refractivity contribution is 9.10. The third kappa shape index (κ3) is 2.62. The zero-order valence-electron chi connectivity index (χ0n) is 10.2. The Hall–Kier alpha value is -1.61. The lowest BCUT2D eigenvalue weighted by atomic mass is 9.98. The molecule has 3 heteroatoms. The molecule has 18 heavy (non-hydrogen) atoms. The number of hydrogen-bond acceptors (Lipinski definition) is 2. The molecule has 2 rings (SSSR count). The van der Waals surface area contributed by atoms with Crippen LogP contribution in [-0.2, 0) is 4.74 Å². The van der Waals surface area contributed by atoms with E-state index in [2.05, 4.69) is 15.9 Å². The highest BCUT2D eigenvalue weighted by Crippen LogP contribution is 2.26. The molecule has 0 heterocycles. The van der Waals surface area contributed by atoms with Crippen LogP contribution in [0.3, 0.4) is 0 Å². The fraction of sp³-hybridized carbons (Fsp3) is 0.133. The zero-order valence-corrected chi connectivity index (χ0v) is 11.8. The second-order valence-electron chi connectivity index (χ2n) is 4.05. The van der Waals surface area contributed by atoms with E-state index in [0.717, 1.165) is 21.2 Å². The minimum atomic E-state index is -0.309. The molecule has 0 aromatic heterocycles. The van der Waals surface area contributed by atoms with Gasteiger partial charge in [0.2, 0.25) is 0 Å². The molecule has 2 aromatic carbocycles. The van der Waals surface area contributed by atoms with Crippen molar-refractivity contribution >= 4 is 21.9 Å². The summed E-state index contributed by atoms with van der Waals surface area (Å²) in [5.41, 5.74) is 3.52. The third-order valence-corrected chi connectivity index (χ3v) is 3.26. The van der Waals surface area contributed by atoms with Gasteiger partial charge in [-0.15, -0.1) is 0 Å². The average Bonchev–Trinajstić information content (AvgIpc) is 2.39. The normalized spacial score (nSPS) is 10.2. The number of carbonyl (C=O) groups is 1. The summed E-state index contributed by atoms with van der Waals surface area (Å²) in [6.45, 7) is 1.96. The van der Waals surface area contributed by atoms with Gasteiger partial charge in [0.15, 0.2) is 0 Å². The van der Waals surface area contributed by atoms with Crippen molar-refractivity contribution in [3.05, 3.63) is 58.1 Å². The predicted octanol–water partition coefficient (Wildman–Crippen LogP) is 4.21. The zero-order chi connectivity index (χ0) is 13.1. The van der Waals surface area contributed by atoms with Crippen LogP contribution in [0.15, 0.2) is 46.9 Å². The minimum Gasteiger partial charge on any atom is -0.465 e. The lowest BCUT2D eigenvalue weighted by Crippen LogP contribution is -2.04. The van der Waals surface area contributed by atoms with Crippen LogP contribution in [0.25, 0.3) is 11.1 Å². The first-order chi connectivity index (χ1) is 8.61. The number of esters is 1. The minimum absolute atomic E-state index is 0.309. The second kappa shape index (κ2) is 5.36. The molecule has 0 aliphatic carbocycles. The fourth-order valence-corrected chi connectivity index (χ4v) is 2.08. The summed E-state index contributed by atoms with van der Waals surface area (Å²) in [5.74, 6) is -0.309. The summed E-state index contributed by atoms with van der Waals surface area (Å²) in [6, 6.07) is 13.6. The van der Waals surface area contributed by atoms with E-state index in [4.69, 9.17) is 4.74 Å². The summed E-state index contributed by atoms with van der Waals surface area (Å²) in [6.07, 6.45) is 0. The number of aryl methyl sites for hydroxylation is 1. The van der Waals surface area contributed by atoms with E-state index in [0.29, 0.717) is 5.56 Å². The van der Waals surface area contributed by atoms with E-state index in [1.54, 1.807) is 0 Å². The molecule has 2 aromatic rings. The van der Waals surface area contributed by atoms with E-state index >= 15 is 0 Å². The molecule has 0 bridgehead atoms. The molecule has 0 saturated heterocycles. The highest BCUT2D eigenvalue weighted by atomic mass is 79.9. The lowest BCUT2D eigenvalue weighted by Gasteiger charge is -2.09. The van der Waals surface area contributed by atoms with Crippen LogP contribution in [0.1, 0.15) is 15.9 Å². The van der Waals surface area contributed by atoms with E-state index in [1.165, 1.54) is 7.11 Å². The molecule has 0 radical (unpaired) electrons. The van der Waals surface area contributed by atoms with Gasteiger partial charge in [-0.25, -0.2) is 4.79 Å². The smallest absolute Gasteiger partial charge is 0.338 e. The van der Waals surface area contributed by atoms with Crippen molar-refractivity contribution in [3.8, 4) is 11.1 Å². The maximum absolute atomic E-state index is 11.8. The molecule has 0 spiro atoms. The Bertz CT molecular complexity index is 574. The molecule has 2 nitrogen and oxygen atoms in total. The lowest BCUT2D eigenvalue weighted by molar-refractivity contribution is 0.0601. The van der Waals surface area contributed by atoms with Gasteiger partial charge < -0.3 is 4.74 Å². The Labute approximate surface area is 115 Å². The molecular weight excluding hydrogens is 292 g/mol. The number of hydrogen-bond donors (Lipinski definition) is 0. The van der Waals surface area contributed by atoms with Crippen molar-refractivity contribution in [1.82, 2.24) is 0 Å². The van der Waals surface area contributed by atoms with Gasteiger partial charge in [-0.2, -0.15) is 0 Å². The first kappa shape index (κ1) is 12.8. The molecule has 0 atom stereocenters. The number of carbonyl (C=O) groups excluding carboxylic acids is 1. The molecule has 0 unspecified atom stereocenters. The summed E-state index contributed by atoms with van der Waals surface area (Å²) < 4.78 is 5.84. The summed E-state index contributed by atoms with van der Waals surface area (Å²) in [4.78, 5) is 11.8. The average molecular weight is 305 g/mol. The van der Waals surface area contributed by atoms with Crippen molar-refractivity contribution in [2.75, 3.05) is 7.11 Å². The number of rotatable bonds is 2. The van der Waals surface area contributed by atoms with Gasteiger partial charge in [0, 0.05) is 4.47 Å². The van der Waals surface area contributed by atoms with Gasteiger partial charge in [0.05, 0.1) is 12.7 Å². The van der Waals surface area contributed by atoms with Gasteiger partial charge in [0.1, 0.15) is 0 Å². The maximum Gasteiger partial charge on any atom is 0.338 e. The number of halogens is 1. The third-order valence-electron chi connectivity index (χ3n) is 2.74. The van der Waals surface area contributed by atoms with E-state index in [-0.39, 0.29) is 5.97 Å². The van der Waals surface area contributed by atoms with Crippen LogP contribution < -0.4 is 0 Å². The predicted molar refractivity (Wildman–Crippen MR) is 75.7 cm³/mol. The standard InChI is InChI=1S/C15H13BrO2/c1-10-3-8-13(14(9-10)15(17)18-2)11-4-6-12(16)7-5-11/h3-9H,1-2H3. The van der Waals surface area contributed by atoms with Gasteiger partial charge >= 0.3 is 5.97 Å². The van der Waals surface area contributed by atoms with Crippen LogP contribution in [0.2, 0.25) is 0 Å². The molecule has 0 fully saturated rings. The van der Waals surface area contributed by atoms with Gasteiger partial charge in [-0.05, 0) is 36.2 Å². The van der Waals surface area contributed by atoms with E-state index in [1.807, 2.05) is 49.4 Å². The van der Waals surface area contributed by atoms with Crippen LogP contribution in [0, 0.1) is 6.92 Å². The number of ether oxygens (including phenoxy) is 1. The Morgan fingerprint density at radius 1 is 1.11 bits per heavy atom. The Kier molecular flexibility index (Phi) is 3.82. The Balaban J connectivity index is 2.56. The van der Waals surface area contributed by atoms with Crippen molar-refractivity contribution < 1.29 is 9.53 Å². The van der Waals surface area contributed by atoms with Crippen molar-refractivity contribution in [3.63, 3.8) is 0 Å². The summed E-state index contributed by atoms with van der Waals surface area (Å²) in [5, 5.41) is 0. The molecule has 0 saturated carbocycles. The Morgan fingerprint density at radius 2 is 1.78 bits per heavy atom. The van der Waals surface area contributed by atoms with Gasteiger partial charge in [-0.3, -0.25) is 0 Å². The van der Waals surface area contributed by atoms with E-state index in [9.17, 15) is 4.79 Å². The highest BCUT2D eigenvalue weighted by Gasteiger charge is 2.13. The van der Waals surface area contributed by atoms with Crippen LogP contribution in [0.5, 0.6) is 0 Å². The second-order valence-corrected chi connectivity index (χ2v) is 4.96. The van der Waals surface area contributed by atoms with Gasteiger partial charge in [0.25, 0.3) is 0 Å². The molecule has 0 amide bonds. The van der Waals surface area contributed by atoms with Crippen LogP contribution in [-0.4, -0.2) is 13.1 Å². The molecular formula is C15H13BrO2. The monoisotopic (exact) mass is 304 g/mol. The van der Waals surface area contributed by atoms with Gasteiger partial charge in [-0.1, -0.05) is 45.8 Å². The summed E-state index contributed by atoms with van der Waals surface area (Å²) >= 11 is 3.40. The first-order valence-corrected chi connectivity index (χ1v) is 6.36. The molecule has 0 aliphatic rings. The molecule has 92 valence electrons. The van der Waals surface area contributed by atoms with Crippen LogP contribution >= 0.6 is 15.9 Å². The number of methoxy groups -OCH3 is 1. The van der Waals surface area contributed by atoms with Crippen molar-refractivity contribution in [1.29, 1.82) is 0 Å². The Morgan fingerprint density at radius 3 is 2.39 bits per heavy atom. The topological polar surface area (TPSA) is 26.3 Å². The number of benzene rings is 2. The largest absolute Gasteiger partial charge is 0.465 e. The quantitative estimate of drug-likeness (QED) is 0.777. The van der Waals surface area contributed by atoms with Crippen molar-refractivity contribution in [2.24, 2.45) is 0 Å². The maximum atomic E-state index is 11.8. The SMILES string of the molecule is COC(=O)c1cc(C)ccc1-c1ccc(Br)cc1. The van der Waals surface area contributed by atoms with Crippen LogP contribution in [0.4, 0.5) is 0 Å². The molecule has 0 aliphatic heterocycles. The fourth-order valence-electron chi connectivity index (χ4n) is 1.82.